The number of carbonyl (C=O) groups is 2. The maximum absolute atomic E-state index is 11.6. The minimum absolute atomic E-state index is 0.126. The fourth-order valence-corrected chi connectivity index (χ4v) is 1.78. The lowest BCUT2D eigenvalue weighted by Crippen LogP contribution is -2.41. The van der Waals surface area contributed by atoms with Crippen molar-refractivity contribution in [3.8, 4) is 0 Å². The number of carbonyl (C=O) groups excluding carboxylic acids is 1. The molecule has 0 aliphatic carbocycles. The number of rotatable bonds is 8. The molecule has 0 spiro atoms. The number of nitrogens with two attached hydrogens (primary N) is 1. The minimum Gasteiger partial charge on any atom is -0.480 e. The Bertz CT molecular complexity index is 254. The number of carboxylic acids is 1. The highest BCUT2D eigenvalue weighted by Crippen LogP contribution is 2.14. The molecule has 0 rings (SSSR count). The van der Waals surface area contributed by atoms with Crippen LogP contribution in [0.3, 0.4) is 0 Å². The number of hydrogen-bond acceptors (Lipinski definition) is 3. The van der Waals surface area contributed by atoms with Gasteiger partial charge in [-0.3, -0.25) is 4.79 Å². The van der Waals surface area contributed by atoms with Crippen LogP contribution in [0.2, 0.25) is 0 Å². The van der Waals surface area contributed by atoms with Crippen molar-refractivity contribution in [2.45, 2.75) is 46.1 Å². The topological polar surface area (TPSA) is 92.4 Å². The SMILES string of the molecule is CC[C@@H](NC(=O)CC(CN)CC(C)C)C(=O)O. The van der Waals surface area contributed by atoms with Gasteiger partial charge >= 0.3 is 5.97 Å². The van der Waals surface area contributed by atoms with Crippen molar-refractivity contribution in [2.24, 2.45) is 17.6 Å². The average Bonchev–Trinajstić information content (AvgIpc) is 2.23. The third-order valence-corrected chi connectivity index (χ3v) is 2.65. The Hall–Kier alpha value is -1.10. The van der Waals surface area contributed by atoms with Gasteiger partial charge in [-0.1, -0.05) is 20.8 Å². The van der Waals surface area contributed by atoms with Gasteiger partial charge in [-0.05, 0) is 31.2 Å². The molecule has 0 saturated heterocycles. The second kappa shape index (κ2) is 8.06. The Kier molecular flexibility index (Phi) is 7.54. The van der Waals surface area contributed by atoms with Gasteiger partial charge in [-0.15, -0.1) is 0 Å². The molecule has 100 valence electrons. The van der Waals surface area contributed by atoms with E-state index in [1.54, 1.807) is 6.92 Å². The Balaban J connectivity index is 4.18. The van der Waals surface area contributed by atoms with Gasteiger partial charge in [0.05, 0.1) is 0 Å². The first-order valence-electron chi connectivity index (χ1n) is 6.12. The summed E-state index contributed by atoms with van der Waals surface area (Å²) >= 11 is 0. The highest BCUT2D eigenvalue weighted by Gasteiger charge is 2.20. The lowest BCUT2D eigenvalue weighted by atomic mass is 9.94. The summed E-state index contributed by atoms with van der Waals surface area (Å²) in [6.07, 6.45) is 1.57. The molecule has 0 aromatic heterocycles. The quantitative estimate of drug-likeness (QED) is 0.593. The van der Waals surface area contributed by atoms with Gasteiger partial charge < -0.3 is 16.2 Å². The molecular weight excluding hydrogens is 220 g/mol. The van der Waals surface area contributed by atoms with Crippen LogP contribution in [-0.2, 0) is 9.59 Å². The number of amides is 1. The molecular formula is C12H24N2O3. The van der Waals surface area contributed by atoms with Crippen LogP contribution in [0.1, 0.15) is 40.0 Å². The first kappa shape index (κ1) is 15.9. The molecule has 17 heavy (non-hydrogen) atoms. The third kappa shape index (κ3) is 6.94. The van der Waals surface area contributed by atoms with Crippen molar-refractivity contribution >= 4 is 11.9 Å². The average molecular weight is 244 g/mol. The number of hydrogen-bond donors (Lipinski definition) is 3. The molecule has 2 atom stereocenters. The summed E-state index contributed by atoms with van der Waals surface area (Å²) in [6.45, 7) is 6.34. The molecule has 1 unspecified atom stereocenters. The number of nitrogens with one attached hydrogen (secondary N) is 1. The minimum atomic E-state index is -0.992. The largest absolute Gasteiger partial charge is 0.480 e. The van der Waals surface area contributed by atoms with E-state index in [1.165, 1.54) is 0 Å². The molecule has 0 aromatic rings. The second-order valence-corrected chi connectivity index (χ2v) is 4.80. The first-order valence-corrected chi connectivity index (χ1v) is 6.12. The molecule has 0 aromatic carbocycles. The van der Waals surface area contributed by atoms with Gasteiger partial charge in [0.15, 0.2) is 0 Å². The smallest absolute Gasteiger partial charge is 0.326 e. The summed E-state index contributed by atoms with van der Waals surface area (Å²) in [5.74, 6) is -0.608. The predicted octanol–water partition coefficient (Wildman–Crippen LogP) is 0.977. The van der Waals surface area contributed by atoms with E-state index in [-0.39, 0.29) is 11.8 Å². The van der Waals surface area contributed by atoms with E-state index >= 15 is 0 Å². The molecule has 5 nitrogen and oxygen atoms in total. The zero-order valence-corrected chi connectivity index (χ0v) is 10.9. The summed E-state index contributed by atoms with van der Waals surface area (Å²) in [6, 6.07) is -0.792. The molecule has 4 N–H and O–H groups in total. The van der Waals surface area contributed by atoms with Gasteiger partial charge in [-0.2, -0.15) is 0 Å². The van der Waals surface area contributed by atoms with E-state index in [1.807, 2.05) is 0 Å². The van der Waals surface area contributed by atoms with Crippen LogP contribution in [-0.4, -0.2) is 29.6 Å². The van der Waals surface area contributed by atoms with Crippen LogP contribution in [0.25, 0.3) is 0 Å². The van der Waals surface area contributed by atoms with E-state index < -0.39 is 12.0 Å². The summed E-state index contributed by atoms with van der Waals surface area (Å²) in [5, 5.41) is 11.3. The standard InChI is InChI=1S/C12H24N2O3/c1-4-10(12(16)17)14-11(15)6-9(7-13)5-8(2)3/h8-10H,4-7,13H2,1-3H3,(H,14,15)(H,16,17)/t9?,10-/m1/s1. The van der Waals surface area contributed by atoms with Crippen molar-refractivity contribution in [2.75, 3.05) is 6.54 Å². The summed E-state index contributed by atoms with van der Waals surface area (Å²) < 4.78 is 0. The lowest BCUT2D eigenvalue weighted by molar-refractivity contribution is -0.142. The Morgan fingerprint density at radius 3 is 2.29 bits per heavy atom. The van der Waals surface area contributed by atoms with Crippen molar-refractivity contribution < 1.29 is 14.7 Å². The Labute approximate surface area is 103 Å². The van der Waals surface area contributed by atoms with Gasteiger partial charge in [0.1, 0.15) is 6.04 Å². The fourth-order valence-electron chi connectivity index (χ4n) is 1.78. The van der Waals surface area contributed by atoms with Crippen LogP contribution in [0.5, 0.6) is 0 Å². The maximum Gasteiger partial charge on any atom is 0.326 e. The molecule has 0 aliphatic heterocycles. The predicted molar refractivity (Wildman–Crippen MR) is 66.5 cm³/mol. The van der Waals surface area contributed by atoms with Gasteiger partial charge in [0.25, 0.3) is 0 Å². The van der Waals surface area contributed by atoms with E-state index in [0.717, 1.165) is 6.42 Å². The van der Waals surface area contributed by atoms with Crippen LogP contribution in [0.15, 0.2) is 0 Å². The molecule has 0 fully saturated rings. The molecule has 0 bridgehead atoms. The van der Waals surface area contributed by atoms with E-state index in [0.29, 0.717) is 25.3 Å². The summed E-state index contributed by atoms with van der Waals surface area (Å²) in [5.41, 5.74) is 5.60. The van der Waals surface area contributed by atoms with E-state index in [9.17, 15) is 9.59 Å². The zero-order chi connectivity index (χ0) is 13.4. The van der Waals surface area contributed by atoms with Crippen molar-refractivity contribution in [3.05, 3.63) is 0 Å². The van der Waals surface area contributed by atoms with Gasteiger partial charge in [-0.25, -0.2) is 4.79 Å². The van der Waals surface area contributed by atoms with Crippen molar-refractivity contribution in [1.29, 1.82) is 0 Å². The van der Waals surface area contributed by atoms with Crippen LogP contribution in [0.4, 0.5) is 0 Å². The first-order chi connectivity index (χ1) is 7.90. The van der Waals surface area contributed by atoms with Crippen LogP contribution < -0.4 is 11.1 Å². The normalized spacial score (nSPS) is 14.4. The van der Waals surface area contributed by atoms with Gasteiger partial charge in [0, 0.05) is 6.42 Å². The molecule has 0 heterocycles. The lowest BCUT2D eigenvalue weighted by Gasteiger charge is -2.18. The Morgan fingerprint density at radius 2 is 1.94 bits per heavy atom. The van der Waals surface area contributed by atoms with Crippen molar-refractivity contribution in [3.63, 3.8) is 0 Å². The van der Waals surface area contributed by atoms with Crippen LogP contribution in [0, 0.1) is 11.8 Å². The fraction of sp³-hybridized carbons (Fsp3) is 0.833. The highest BCUT2D eigenvalue weighted by atomic mass is 16.4. The summed E-state index contributed by atoms with van der Waals surface area (Å²) in [4.78, 5) is 22.4. The monoisotopic (exact) mass is 244 g/mol. The molecule has 0 saturated carbocycles. The number of carboxylic acid groups (broad SMARTS) is 1. The summed E-state index contributed by atoms with van der Waals surface area (Å²) in [7, 11) is 0. The van der Waals surface area contributed by atoms with E-state index in [4.69, 9.17) is 10.8 Å². The van der Waals surface area contributed by atoms with Crippen molar-refractivity contribution in [1.82, 2.24) is 5.32 Å². The third-order valence-electron chi connectivity index (χ3n) is 2.65. The van der Waals surface area contributed by atoms with Crippen LogP contribution >= 0.6 is 0 Å². The second-order valence-electron chi connectivity index (χ2n) is 4.80. The Morgan fingerprint density at radius 1 is 1.35 bits per heavy atom. The molecule has 0 aliphatic rings. The van der Waals surface area contributed by atoms with Gasteiger partial charge in [0.2, 0.25) is 5.91 Å². The maximum atomic E-state index is 11.6. The highest BCUT2D eigenvalue weighted by molar-refractivity contribution is 5.83. The molecule has 5 heteroatoms. The molecule has 1 amide bonds. The molecule has 0 radical (unpaired) electrons. The zero-order valence-electron chi connectivity index (χ0n) is 10.9. The van der Waals surface area contributed by atoms with E-state index in [2.05, 4.69) is 19.2 Å². The number of aliphatic carboxylic acids is 1.